The van der Waals surface area contributed by atoms with Gasteiger partial charge in [0.05, 0.1) is 51.0 Å². The van der Waals surface area contributed by atoms with Crippen molar-refractivity contribution in [3.63, 3.8) is 0 Å². The second-order valence-electron chi connectivity index (χ2n) is 13.9. The molecule has 0 saturated heterocycles. The molecule has 43 heavy (non-hydrogen) atoms. The molecule has 1 aromatic heterocycles. The summed E-state index contributed by atoms with van der Waals surface area (Å²) in [5.74, 6) is 2.46. The van der Waals surface area contributed by atoms with Crippen LogP contribution in [0.25, 0.3) is 22.2 Å². The van der Waals surface area contributed by atoms with E-state index in [1.54, 1.807) is 0 Å². The molecule has 1 N–H and O–H groups in total. The summed E-state index contributed by atoms with van der Waals surface area (Å²) in [6.07, 6.45) is 3.99. The molecule has 4 heterocycles. The van der Waals surface area contributed by atoms with E-state index in [0.717, 1.165) is 57.7 Å². The van der Waals surface area contributed by atoms with Gasteiger partial charge in [0.2, 0.25) is 0 Å². The molecular formula is C35H38N4O3S. The van der Waals surface area contributed by atoms with Crippen molar-refractivity contribution in [2.24, 2.45) is 0 Å². The summed E-state index contributed by atoms with van der Waals surface area (Å²) in [5, 5.41) is 0. The Bertz CT molecular complexity index is 1850. The van der Waals surface area contributed by atoms with Crippen LogP contribution in [-0.2, 0) is 16.5 Å². The van der Waals surface area contributed by atoms with Crippen molar-refractivity contribution >= 4 is 27.9 Å². The van der Waals surface area contributed by atoms with E-state index in [2.05, 4.69) is 64.7 Å². The highest BCUT2D eigenvalue weighted by Gasteiger charge is 2.45. The van der Waals surface area contributed by atoms with Crippen molar-refractivity contribution in [2.45, 2.75) is 81.7 Å². The van der Waals surface area contributed by atoms with E-state index in [0.29, 0.717) is 12.5 Å². The first kappa shape index (κ1) is 27.1. The summed E-state index contributed by atoms with van der Waals surface area (Å²) in [6.45, 7) is 8.65. The smallest absolute Gasteiger partial charge is 0.254 e. The highest BCUT2D eigenvalue weighted by molar-refractivity contribution is 7.84. The van der Waals surface area contributed by atoms with Gasteiger partial charge >= 0.3 is 0 Å². The normalized spacial score (nSPS) is 25.1. The third kappa shape index (κ3) is 4.13. The Morgan fingerprint density at radius 3 is 2.58 bits per heavy atom. The first-order valence-corrected chi connectivity index (χ1v) is 16.6. The van der Waals surface area contributed by atoms with Crippen molar-refractivity contribution in [3.8, 4) is 16.9 Å². The van der Waals surface area contributed by atoms with E-state index < -0.39 is 16.5 Å². The summed E-state index contributed by atoms with van der Waals surface area (Å²) in [6, 6.07) is 19.2. The molecule has 7 nitrogen and oxygen atoms in total. The molecule has 4 aromatic rings. The largest absolute Gasteiger partial charge is 0.493 e. The molecule has 3 aliphatic heterocycles. The van der Waals surface area contributed by atoms with Gasteiger partial charge in [-0.15, -0.1) is 0 Å². The number of carbonyl (C=O) groups is 1. The van der Waals surface area contributed by atoms with Crippen molar-refractivity contribution in [3.05, 3.63) is 82.7 Å². The minimum atomic E-state index is -1.20. The Hall–Kier alpha value is -3.49. The molecule has 1 fully saturated rings. The monoisotopic (exact) mass is 594 g/mol. The van der Waals surface area contributed by atoms with Gasteiger partial charge in [-0.2, -0.15) is 0 Å². The molecular weight excluding hydrogens is 556 g/mol. The number of ether oxygens (including phenoxy) is 1. The van der Waals surface area contributed by atoms with Crippen LogP contribution < -0.4 is 9.46 Å². The number of aromatic nitrogens is 2. The number of imidazole rings is 1. The second-order valence-corrected chi connectivity index (χ2v) is 15.9. The van der Waals surface area contributed by atoms with Crippen LogP contribution in [0.15, 0.2) is 54.6 Å². The first-order chi connectivity index (χ1) is 20.5. The minimum Gasteiger partial charge on any atom is -0.493 e. The fourth-order valence-electron chi connectivity index (χ4n) is 7.32. The van der Waals surface area contributed by atoms with Crippen LogP contribution in [0.3, 0.4) is 0 Å². The summed E-state index contributed by atoms with van der Waals surface area (Å²) < 4.78 is 24.7. The zero-order valence-corrected chi connectivity index (χ0v) is 26.3. The SMILES string of the molecule is CN1C(=O)c2cccc(C3CC3)c2[C@@H]2C[C@H]1c1nc3ccc(-c4ccc5c(c4)OCCC5(C)NS(=O)C(C)(C)C)cc3n12. The van der Waals surface area contributed by atoms with Crippen molar-refractivity contribution in [2.75, 3.05) is 13.7 Å². The number of nitrogens with one attached hydrogen (secondary N) is 1. The minimum absolute atomic E-state index is 0.0474. The van der Waals surface area contributed by atoms with Gasteiger partial charge in [0.15, 0.2) is 0 Å². The molecule has 2 unspecified atom stereocenters. The fourth-order valence-corrected chi connectivity index (χ4v) is 8.25. The molecule has 8 heteroatoms. The zero-order valence-electron chi connectivity index (χ0n) is 25.4. The van der Waals surface area contributed by atoms with E-state index in [1.165, 1.54) is 24.0 Å². The molecule has 2 bridgehead atoms. The lowest BCUT2D eigenvalue weighted by Gasteiger charge is -2.38. The molecule has 0 spiro atoms. The molecule has 1 aliphatic carbocycles. The molecule has 1 saturated carbocycles. The maximum atomic E-state index is 13.6. The number of fused-ring (bicyclic) bond motifs is 10. The molecule has 0 radical (unpaired) electrons. The Morgan fingerprint density at radius 2 is 1.81 bits per heavy atom. The topological polar surface area (TPSA) is 76.5 Å². The number of rotatable bonds is 4. The maximum absolute atomic E-state index is 13.6. The summed E-state index contributed by atoms with van der Waals surface area (Å²) in [4.78, 5) is 20.6. The van der Waals surface area contributed by atoms with E-state index in [9.17, 15) is 9.00 Å². The number of hydrogen-bond acceptors (Lipinski definition) is 4. The number of benzene rings is 3. The van der Waals surface area contributed by atoms with Crippen LogP contribution >= 0.6 is 0 Å². The van der Waals surface area contributed by atoms with Crippen LogP contribution in [0.5, 0.6) is 5.75 Å². The van der Waals surface area contributed by atoms with Crippen LogP contribution in [0, 0.1) is 0 Å². The molecule has 4 aliphatic rings. The lowest BCUT2D eigenvalue weighted by atomic mass is 9.86. The van der Waals surface area contributed by atoms with E-state index in [-0.39, 0.29) is 22.7 Å². The van der Waals surface area contributed by atoms with Gasteiger partial charge in [-0.3, -0.25) is 4.79 Å². The predicted molar refractivity (Wildman–Crippen MR) is 170 cm³/mol. The molecule has 4 atom stereocenters. The van der Waals surface area contributed by atoms with Crippen LogP contribution in [-0.4, -0.2) is 43.0 Å². The van der Waals surface area contributed by atoms with Crippen molar-refractivity contribution < 1.29 is 13.7 Å². The lowest BCUT2D eigenvalue weighted by Crippen LogP contribution is -2.48. The third-order valence-corrected chi connectivity index (χ3v) is 11.7. The predicted octanol–water partition coefficient (Wildman–Crippen LogP) is 6.75. The van der Waals surface area contributed by atoms with E-state index in [1.807, 2.05) is 38.8 Å². The standard InChI is InChI=1S/C35H38N4O3S/c1-34(2,3)43(41)37-35(4)15-16-42-30-18-22(11-13-25(30)35)21-12-14-26-27(17-21)39-28-19-29(32(39)36-26)38(5)33(40)24-8-6-7-23(31(24)28)20-9-10-20/h6-8,11-14,17-18,20,28-29,37H,9-10,15-16,19H2,1-5H3/t28-,29-,35?,43?/m0/s1. The second kappa shape index (κ2) is 9.26. The summed E-state index contributed by atoms with van der Waals surface area (Å²) in [5.41, 5.74) is 8.21. The average molecular weight is 595 g/mol. The first-order valence-electron chi connectivity index (χ1n) is 15.4. The third-order valence-electron chi connectivity index (χ3n) is 9.92. The number of amides is 1. The van der Waals surface area contributed by atoms with Gasteiger partial charge < -0.3 is 14.2 Å². The van der Waals surface area contributed by atoms with Gasteiger partial charge in [0, 0.05) is 31.0 Å². The summed E-state index contributed by atoms with van der Waals surface area (Å²) >= 11 is 0. The zero-order chi connectivity index (χ0) is 29.8. The van der Waals surface area contributed by atoms with Crippen LogP contribution in [0.4, 0.5) is 0 Å². The van der Waals surface area contributed by atoms with Gasteiger partial charge in [-0.1, -0.05) is 30.3 Å². The maximum Gasteiger partial charge on any atom is 0.254 e. The highest BCUT2D eigenvalue weighted by atomic mass is 32.2. The number of hydrogen-bond donors (Lipinski definition) is 1. The van der Waals surface area contributed by atoms with Gasteiger partial charge in [0.1, 0.15) is 11.6 Å². The Labute approximate surface area is 255 Å². The average Bonchev–Trinajstić information content (AvgIpc) is 3.69. The van der Waals surface area contributed by atoms with Gasteiger partial charge in [-0.25, -0.2) is 13.9 Å². The van der Waals surface area contributed by atoms with Crippen LogP contribution in [0.2, 0.25) is 0 Å². The van der Waals surface area contributed by atoms with Gasteiger partial charge in [-0.05, 0) is 93.0 Å². The number of nitrogens with zero attached hydrogens (tertiary/aromatic N) is 3. The van der Waals surface area contributed by atoms with E-state index in [4.69, 9.17) is 9.72 Å². The Morgan fingerprint density at radius 1 is 1.05 bits per heavy atom. The van der Waals surface area contributed by atoms with E-state index >= 15 is 0 Å². The lowest BCUT2D eigenvalue weighted by molar-refractivity contribution is 0.0734. The Balaban J connectivity index is 1.22. The van der Waals surface area contributed by atoms with Crippen molar-refractivity contribution in [1.29, 1.82) is 0 Å². The number of carbonyl (C=O) groups excluding carboxylic acids is 1. The van der Waals surface area contributed by atoms with Crippen LogP contribution in [0.1, 0.15) is 104 Å². The quantitative estimate of drug-likeness (QED) is 0.284. The summed E-state index contributed by atoms with van der Waals surface area (Å²) in [7, 11) is 0.728. The molecule has 8 rings (SSSR count). The highest BCUT2D eigenvalue weighted by Crippen LogP contribution is 2.52. The van der Waals surface area contributed by atoms with Gasteiger partial charge in [0.25, 0.3) is 5.91 Å². The molecule has 222 valence electrons. The fraction of sp³-hybridized carbons (Fsp3) is 0.429. The molecule has 1 amide bonds. The Kier molecular flexibility index (Phi) is 5.83. The molecule has 3 aromatic carbocycles. The van der Waals surface area contributed by atoms with Crippen molar-refractivity contribution in [1.82, 2.24) is 19.2 Å².